The van der Waals surface area contributed by atoms with Gasteiger partial charge in [-0.2, -0.15) is 4.31 Å². The van der Waals surface area contributed by atoms with Crippen LogP contribution in [0.15, 0.2) is 17.2 Å². The van der Waals surface area contributed by atoms with Crippen LogP contribution < -0.4 is 5.32 Å². The van der Waals surface area contributed by atoms with E-state index in [9.17, 15) is 16.8 Å². The van der Waals surface area contributed by atoms with Crippen LogP contribution in [0.1, 0.15) is 12.6 Å². The normalized spacial score (nSPS) is 13.0. The third kappa shape index (κ3) is 5.10. The van der Waals surface area contributed by atoms with E-state index in [1.807, 2.05) is 6.92 Å². The van der Waals surface area contributed by atoms with Gasteiger partial charge in [0.2, 0.25) is 10.0 Å². The van der Waals surface area contributed by atoms with Crippen LogP contribution in [0.25, 0.3) is 0 Å². The number of aromatic nitrogens is 1. The number of hydrogen-bond donors (Lipinski definition) is 1. The Balaban J connectivity index is 2.92. The minimum atomic E-state index is -3.67. The van der Waals surface area contributed by atoms with Gasteiger partial charge < -0.3 is 9.88 Å². The summed E-state index contributed by atoms with van der Waals surface area (Å²) in [6.45, 7) is 3.29. The second-order valence-corrected chi connectivity index (χ2v) is 9.32. The van der Waals surface area contributed by atoms with Gasteiger partial charge in [-0.15, -0.1) is 0 Å². The highest BCUT2D eigenvalue weighted by molar-refractivity contribution is 7.91. The first kappa shape index (κ1) is 18.1. The maximum atomic E-state index is 12.4. The monoisotopic (exact) mass is 337 g/mol. The number of sulfone groups is 1. The van der Waals surface area contributed by atoms with E-state index >= 15 is 0 Å². The topological polar surface area (TPSA) is 88.5 Å². The van der Waals surface area contributed by atoms with Gasteiger partial charge in [-0.3, -0.25) is 0 Å². The van der Waals surface area contributed by atoms with Crippen LogP contribution in [0.5, 0.6) is 0 Å². The first-order chi connectivity index (χ1) is 9.58. The molecule has 0 amide bonds. The molecule has 1 aromatic rings. The van der Waals surface area contributed by atoms with Gasteiger partial charge in [0.15, 0.2) is 0 Å². The fourth-order valence-electron chi connectivity index (χ4n) is 1.74. The summed E-state index contributed by atoms with van der Waals surface area (Å²) in [5.41, 5.74) is 0.854. The summed E-state index contributed by atoms with van der Waals surface area (Å²) >= 11 is 0. The molecule has 0 unspecified atom stereocenters. The summed E-state index contributed by atoms with van der Waals surface area (Å²) in [6, 6.07) is 1.61. The lowest BCUT2D eigenvalue weighted by molar-refractivity contribution is 0.484. The van der Waals surface area contributed by atoms with E-state index < -0.39 is 19.9 Å². The van der Waals surface area contributed by atoms with Crippen molar-refractivity contribution in [3.63, 3.8) is 0 Å². The molecule has 1 heterocycles. The molecule has 9 heteroatoms. The maximum absolute atomic E-state index is 12.4. The second-order valence-electron chi connectivity index (χ2n) is 5.01. The fraction of sp³-hybridized carbons (Fsp3) is 0.667. The predicted molar refractivity (Wildman–Crippen MR) is 82.3 cm³/mol. The van der Waals surface area contributed by atoms with Gasteiger partial charge in [0, 0.05) is 45.3 Å². The average molecular weight is 337 g/mol. The molecule has 1 aromatic heterocycles. The van der Waals surface area contributed by atoms with Crippen molar-refractivity contribution in [2.75, 3.05) is 32.1 Å². The number of nitrogens with one attached hydrogen (secondary N) is 1. The maximum Gasteiger partial charge on any atom is 0.244 e. The Bertz CT molecular complexity index is 677. The van der Waals surface area contributed by atoms with Gasteiger partial charge in [0.25, 0.3) is 0 Å². The van der Waals surface area contributed by atoms with E-state index in [0.717, 1.165) is 22.8 Å². The van der Waals surface area contributed by atoms with Crippen molar-refractivity contribution in [2.45, 2.75) is 18.4 Å². The zero-order valence-corrected chi connectivity index (χ0v) is 14.5. The number of sulfonamides is 1. The quantitative estimate of drug-likeness (QED) is 0.710. The van der Waals surface area contributed by atoms with Gasteiger partial charge in [0.05, 0.1) is 5.75 Å². The van der Waals surface area contributed by atoms with Crippen molar-refractivity contribution in [2.24, 2.45) is 7.05 Å². The molecule has 1 N–H and O–H groups in total. The molecule has 1 rings (SSSR count). The first-order valence-corrected chi connectivity index (χ1v) is 10.1. The summed E-state index contributed by atoms with van der Waals surface area (Å²) in [5, 5.41) is 3.14. The van der Waals surface area contributed by atoms with E-state index in [1.165, 1.54) is 7.05 Å². The lowest BCUT2D eigenvalue weighted by Crippen LogP contribution is -2.31. The summed E-state index contributed by atoms with van der Waals surface area (Å²) in [4.78, 5) is 0.175. The molecule has 0 spiro atoms. The third-order valence-electron chi connectivity index (χ3n) is 3.12. The second kappa shape index (κ2) is 6.91. The molecule has 0 aliphatic heterocycles. The minimum absolute atomic E-state index is 0.0569. The standard InChI is InChI=1S/C12H23N3O4S2/c1-5-13-9-11-8-12(10-14(11)2)21(18,19)15(3)6-7-20(4,16)17/h8,10,13H,5-7,9H2,1-4H3. The molecule has 0 atom stereocenters. The highest BCUT2D eigenvalue weighted by atomic mass is 32.2. The molecule has 0 radical (unpaired) electrons. The molecule has 0 aliphatic carbocycles. The highest BCUT2D eigenvalue weighted by Gasteiger charge is 2.23. The zero-order chi connectivity index (χ0) is 16.3. The van der Waals surface area contributed by atoms with Crippen molar-refractivity contribution in [3.8, 4) is 0 Å². The van der Waals surface area contributed by atoms with E-state index in [0.29, 0.717) is 6.54 Å². The van der Waals surface area contributed by atoms with Gasteiger partial charge in [0.1, 0.15) is 14.7 Å². The van der Waals surface area contributed by atoms with Crippen LogP contribution in [0.3, 0.4) is 0 Å². The van der Waals surface area contributed by atoms with E-state index in [-0.39, 0.29) is 17.2 Å². The Labute approximate surface area is 126 Å². The largest absolute Gasteiger partial charge is 0.352 e. The Morgan fingerprint density at radius 1 is 1.29 bits per heavy atom. The average Bonchev–Trinajstić information content (AvgIpc) is 2.74. The molecular formula is C12H23N3O4S2. The number of rotatable bonds is 8. The van der Waals surface area contributed by atoms with E-state index in [4.69, 9.17) is 0 Å². The lowest BCUT2D eigenvalue weighted by atomic mass is 10.4. The molecule has 0 fully saturated rings. The highest BCUT2D eigenvalue weighted by Crippen LogP contribution is 2.17. The molecule has 0 bridgehead atoms. The van der Waals surface area contributed by atoms with Gasteiger partial charge in [-0.25, -0.2) is 16.8 Å². The van der Waals surface area contributed by atoms with Crippen molar-refractivity contribution < 1.29 is 16.8 Å². The van der Waals surface area contributed by atoms with Crippen molar-refractivity contribution in [3.05, 3.63) is 18.0 Å². The summed E-state index contributed by atoms with van der Waals surface area (Å²) < 4.78 is 49.9. The molecule has 0 saturated carbocycles. The molecule has 0 aromatic carbocycles. The van der Waals surface area contributed by atoms with Crippen molar-refractivity contribution in [1.29, 1.82) is 0 Å². The molecular weight excluding hydrogens is 314 g/mol. The van der Waals surface area contributed by atoms with E-state index in [1.54, 1.807) is 23.9 Å². The fourth-order valence-corrected chi connectivity index (χ4v) is 3.73. The summed E-state index contributed by atoms with van der Waals surface area (Å²) in [7, 11) is -3.70. The van der Waals surface area contributed by atoms with Crippen molar-refractivity contribution in [1.82, 2.24) is 14.2 Å². The van der Waals surface area contributed by atoms with Gasteiger partial charge >= 0.3 is 0 Å². The first-order valence-electron chi connectivity index (χ1n) is 6.58. The SMILES string of the molecule is CCNCc1cc(S(=O)(=O)N(C)CCS(C)(=O)=O)cn1C. The van der Waals surface area contributed by atoms with Crippen LogP contribution in [0.2, 0.25) is 0 Å². The third-order valence-corrected chi connectivity index (χ3v) is 5.87. The Morgan fingerprint density at radius 2 is 1.90 bits per heavy atom. The Hall–Kier alpha value is -0.900. The number of nitrogens with zero attached hydrogens (tertiary/aromatic N) is 2. The summed E-state index contributed by atoms with van der Waals surface area (Å²) in [6.07, 6.45) is 2.63. The van der Waals surface area contributed by atoms with Gasteiger partial charge in [-0.05, 0) is 12.6 Å². The number of aryl methyl sites for hydroxylation is 1. The Morgan fingerprint density at radius 3 is 2.43 bits per heavy atom. The molecule has 21 heavy (non-hydrogen) atoms. The van der Waals surface area contributed by atoms with Crippen LogP contribution >= 0.6 is 0 Å². The lowest BCUT2D eigenvalue weighted by Gasteiger charge is -2.15. The van der Waals surface area contributed by atoms with Crippen LogP contribution in [0, 0.1) is 0 Å². The Kier molecular flexibility index (Phi) is 5.97. The molecule has 0 aliphatic rings. The van der Waals surface area contributed by atoms with Gasteiger partial charge in [-0.1, -0.05) is 6.92 Å². The molecule has 122 valence electrons. The smallest absolute Gasteiger partial charge is 0.244 e. The molecule has 0 saturated heterocycles. The zero-order valence-electron chi connectivity index (χ0n) is 12.8. The predicted octanol–water partition coefficient (Wildman–Crippen LogP) is -0.200. The van der Waals surface area contributed by atoms with E-state index in [2.05, 4.69) is 5.32 Å². The van der Waals surface area contributed by atoms with Crippen LogP contribution in [-0.2, 0) is 33.5 Å². The minimum Gasteiger partial charge on any atom is -0.352 e. The van der Waals surface area contributed by atoms with Crippen molar-refractivity contribution >= 4 is 19.9 Å². The summed E-state index contributed by atoms with van der Waals surface area (Å²) in [5.74, 6) is -0.195. The molecule has 7 nitrogen and oxygen atoms in total. The van der Waals surface area contributed by atoms with Crippen LogP contribution in [0.4, 0.5) is 0 Å². The number of hydrogen-bond acceptors (Lipinski definition) is 5. The van der Waals surface area contributed by atoms with Crippen LogP contribution in [-0.4, -0.2) is 57.9 Å².